The fourth-order valence-corrected chi connectivity index (χ4v) is 1.68. The van der Waals surface area contributed by atoms with Crippen molar-refractivity contribution in [2.75, 3.05) is 25.1 Å². The molecule has 1 aromatic rings. The number of nitrogens with one attached hydrogen (secondary N) is 1. The highest BCUT2D eigenvalue weighted by Gasteiger charge is 2.31. The van der Waals surface area contributed by atoms with Crippen molar-refractivity contribution in [1.82, 2.24) is 9.97 Å². The van der Waals surface area contributed by atoms with Gasteiger partial charge in [-0.05, 0) is 6.42 Å². The van der Waals surface area contributed by atoms with Crippen molar-refractivity contribution in [1.29, 1.82) is 0 Å². The second kappa shape index (κ2) is 4.76. The minimum absolute atomic E-state index is 0.395. The summed E-state index contributed by atoms with van der Waals surface area (Å²) in [6.07, 6.45) is 3.09. The van der Waals surface area contributed by atoms with Crippen LogP contribution in [-0.4, -0.2) is 40.4 Å². The lowest BCUT2D eigenvalue weighted by atomic mass is 10.0. The van der Waals surface area contributed by atoms with Gasteiger partial charge >= 0.3 is 0 Å². The summed E-state index contributed by atoms with van der Waals surface area (Å²) < 4.78 is 5.17. The van der Waals surface area contributed by atoms with E-state index >= 15 is 0 Å². The minimum atomic E-state index is -0.753. The van der Waals surface area contributed by atoms with Crippen molar-refractivity contribution in [3.05, 3.63) is 18.1 Å². The van der Waals surface area contributed by atoms with E-state index in [9.17, 15) is 5.11 Å². The van der Waals surface area contributed by atoms with E-state index in [1.165, 1.54) is 6.33 Å². The fraction of sp³-hybridized carbons (Fsp3) is 0.636. The Morgan fingerprint density at radius 3 is 3.12 bits per heavy atom. The van der Waals surface area contributed by atoms with Gasteiger partial charge in [0, 0.05) is 31.3 Å². The molecule has 0 aliphatic carbocycles. The Labute approximate surface area is 94.9 Å². The van der Waals surface area contributed by atoms with E-state index in [1.54, 1.807) is 0 Å². The molecule has 2 rings (SSSR count). The van der Waals surface area contributed by atoms with E-state index in [0.717, 1.165) is 17.9 Å². The van der Waals surface area contributed by atoms with E-state index in [-0.39, 0.29) is 0 Å². The predicted molar refractivity (Wildman–Crippen MR) is 60.3 cm³/mol. The maximum atomic E-state index is 10.0. The highest BCUT2D eigenvalue weighted by atomic mass is 16.5. The first kappa shape index (κ1) is 11.3. The van der Waals surface area contributed by atoms with Crippen LogP contribution >= 0.6 is 0 Å². The summed E-state index contributed by atoms with van der Waals surface area (Å²) in [5.41, 5.74) is 0.240. The molecule has 1 aliphatic heterocycles. The van der Waals surface area contributed by atoms with Crippen molar-refractivity contribution in [2.24, 2.45) is 0 Å². The number of hydrogen-bond donors (Lipinski definition) is 2. The smallest absolute Gasteiger partial charge is 0.129 e. The zero-order chi connectivity index (χ0) is 11.4. The van der Waals surface area contributed by atoms with Crippen molar-refractivity contribution < 1.29 is 9.84 Å². The molecular formula is C11H17N3O2. The number of hydrogen-bond acceptors (Lipinski definition) is 5. The van der Waals surface area contributed by atoms with Crippen LogP contribution in [-0.2, 0) is 11.2 Å². The van der Waals surface area contributed by atoms with Crippen LogP contribution in [0.25, 0.3) is 0 Å². The number of aliphatic hydroxyl groups is 1. The van der Waals surface area contributed by atoms with E-state index in [2.05, 4.69) is 15.3 Å². The normalized spacial score (nSPS) is 24.6. The first-order valence-corrected chi connectivity index (χ1v) is 5.57. The van der Waals surface area contributed by atoms with Crippen molar-refractivity contribution in [3.63, 3.8) is 0 Å². The Morgan fingerprint density at radius 1 is 1.56 bits per heavy atom. The largest absolute Gasteiger partial charge is 0.386 e. The van der Waals surface area contributed by atoms with Gasteiger partial charge in [0.1, 0.15) is 17.7 Å². The molecule has 0 amide bonds. The lowest BCUT2D eigenvalue weighted by Gasteiger charge is -2.20. The average Bonchev–Trinajstić information content (AvgIpc) is 2.75. The van der Waals surface area contributed by atoms with Gasteiger partial charge in [-0.3, -0.25) is 0 Å². The first-order valence-electron chi connectivity index (χ1n) is 5.57. The number of ether oxygens (including phenoxy) is 1. The molecule has 5 heteroatoms. The van der Waals surface area contributed by atoms with Gasteiger partial charge in [-0.25, -0.2) is 9.97 Å². The summed E-state index contributed by atoms with van der Waals surface area (Å²) >= 11 is 0. The third-order valence-corrected chi connectivity index (χ3v) is 2.77. The van der Waals surface area contributed by atoms with Gasteiger partial charge < -0.3 is 15.2 Å². The molecule has 1 fully saturated rings. The summed E-state index contributed by atoms with van der Waals surface area (Å²) in [7, 11) is 0. The maximum Gasteiger partial charge on any atom is 0.129 e. The number of anilines is 1. The third kappa shape index (κ3) is 2.68. The van der Waals surface area contributed by atoms with Crippen LogP contribution in [0.5, 0.6) is 0 Å². The third-order valence-electron chi connectivity index (χ3n) is 2.77. The Bertz CT molecular complexity index is 351. The van der Waals surface area contributed by atoms with E-state index in [0.29, 0.717) is 26.2 Å². The molecule has 0 radical (unpaired) electrons. The summed E-state index contributed by atoms with van der Waals surface area (Å²) in [6.45, 7) is 3.53. The van der Waals surface area contributed by atoms with Crippen molar-refractivity contribution >= 4 is 5.82 Å². The maximum absolute atomic E-state index is 10.0. The molecule has 1 atom stereocenters. The molecule has 88 valence electrons. The molecule has 0 spiro atoms. The SMILES string of the molecule is CCc1cc(NCC2(O)CCOC2)ncn1. The molecule has 0 saturated carbocycles. The Hall–Kier alpha value is -1.20. The second-order valence-electron chi connectivity index (χ2n) is 4.13. The lowest BCUT2D eigenvalue weighted by molar-refractivity contribution is 0.0381. The molecule has 1 unspecified atom stereocenters. The zero-order valence-corrected chi connectivity index (χ0v) is 9.44. The number of nitrogens with zero attached hydrogens (tertiary/aromatic N) is 2. The van der Waals surface area contributed by atoms with Gasteiger partial charge in [0.05, 0.1) is 6.61 Å². The van der Waals surface area contributed by atoms with Gasteiger partial charge in [0.2, 0.25) is 0 Å². The van der Waals surface area contributed by atoms with Crippen LogP contribution in [0.1, 0.15) is 19.0 Å². The lowest BCUT2D eigenvalue weighted by Crippen LogP contribution is -2.37. The highest BCUT2D eigenvalue weighted by Crippen LogP contribution is 2.18. The van der Waals surface area contributed by atoms with Crippen LogP contribution in [0.15, 0.2) is 12.4 Å². The quantitative estimate of drug-likeness (QED) is 0.782. The van der Waals surface area contributed by atoms with Gasteiger partial charge in [-0.15, -0.1) is 0 Å². The van der Waals surface area contributed by atoms with Crippen LogP contribution in [0, 0.1) is 0 Å². The molecule has 1 aliphatic rings. The van der Waals surface area contributed by atoms with E-state index < -0.39 is 5.60 Å². The Morgan fingerprint density at radius 2 is 2.44 bits per heavy atom. The van der Waals surface area contributed by atoms with Gasteiger partial charge in [-0.1, -0.05) is 6.92 Å². The Kier molecular flexibility index (Phi) is 3.36. The highest BCUT2D eigenvalue weighted by molar-refractivity contribution is 5.35. The molecule has 1 saturated heterocycles. The minimum Gasteiger partial charge on any atom is -0.386 e. The Balaban J connectivity index is 1.93. The monoisotopic (exact) mass is 223 g/mol. The number of rotatable bonds is 4. The summed E-state index contributed by atoms with van der Waals surface area (Å²) in [5.74, 6) is 0.757. The fourth-order valence-electron chi connectivity index (χ4n) is 1.68. The summed E-state index contributed by atoms with van der Waals surface area (Å²) in [5, 5.41) is 13.2. The first-order chi connectivity index (χ1) is 7.72. The molecule has 0 aromatic carbocycles. The van der Waals surface area contributed by atoms with Crippen molar-refractivity contribution in [2.45, 2.75) is 25.4 Å². The zero-order valence-electron chi connectivity index (χ0n) is 9.44. The van der Waals surface area contributed by atoms with Crippen LogP contribution < -0.4 is 5.32 Å². The number of aryl methyl sites for hydroxylation is 1. The standard InChI is InChI=1S/C11H17N3O2/c1-2-9-5-10(14-8-13-9)12-6-11(15)3-4-16-7-11/h5,8,15H,2-4,6-7H2,1H3,(H,12,13,14). The summed E-state index contributed by atoms with van der Waals surface area (Å²) in [6, 6.07) is 1.90. The van der Waals surface area contributed by atoms with E-state index in [1.807, 2.05) is 13.0 Å². The van der Waals surface area contributed by atoms with Crippen LogP contribution in [0.4, 0.5) is 5.82 Å². The van der Waals surface area contributed by atoms with E-state index in [4.69, 9.17) is 4.74 Å². The molecule has 2 N–H and O–H groups in total. The molecule has 1 aromatic heterocycles. The van der Waals surface area contributed by atoms with Crippen LogP contribution in [0.3, 0.4) is 0 Å². The molecular weight excluding hydrogens is 206 g/mol. The van der Waals surface area contributed by atoms with Gasteiger partial charge in [-0.2, -0.15) is 0 Å². The summed E-state index contributed by atoms with van der Waals surface area (Å²) in [4.78, 5) is 8.22. The molecule has 5 nitrogen and oxygen atoms in total. The van der Waals surface area contributed by atoms with Crippen molar-refractivity contribution in [3.8, 4) is 0 Å². The van der Waals surface area contributed by atoms with Crippen LogP contribution in [0.2, 0.25) is 0 Å². The molecule has 0 bridgehead atoms. The second-order valence-corrected chi connectivity index (χ2v) is 4.13. The molecule has 16 heavy (non-hydrogen) atoms. The topological polar surface area (TPSA) is 67.3 Å². The average molecular weight is 223 g/mol. The number of aromatic nitrogens is 2. The van der Waals surface area contributed by atoms with Gasteiger partial charge in [0.15, 0.2) is 0 Å². The predicted octanol–water partition coefficient (Wildman–Crippen LogP) is 0.602. The van der Waals surface area contributed by atoms with Gasteiger partial charge in [0.25, 0.3) is 0 Å². The molecule has 2 heterocycles.